The number of hydrogen-bond acceptors (Lipinski definition) is 5. The van der Waals surface area contributed by atoms with Crippen LogP contribution < -0.4 is 5.73 Å². The van der Waals surface area contributed by atoms with Gasteiger partial charge in [0.2, 0.25) is 0 Å². The third-order valence-electron chi connectivity index (χ3n) is 1.41. The summed E-state index contributed by atoms with van der Waals surface area (Å²) in [5, 5.41) is 19.2. The van der Waals surface area contributed by atoms with Crippen molar-refractivity contribution in [3.63, 3.8) is 0 Å². The molecule has 4 N–H and O–H groups in total. The number of aliphatic carboxylic acids is 2. The van der Waals surface area contributed by atoms with Crippen LogP contribution in [-0.2, 0) is 16.1 Å². The molecule has 0 aliphatic rings. The summed E-state index contributed by atoms with van der Waals surface area (Å²) in [5.74, 6) is -3.80. The Bertz CT molecular complexity index is 392. The van der Waals surface area contributed by atoms with Gasteiger partial charge in [-0.3, -0.25) is 9.48 Å². The molecule has 1 rings (SSSR count). The van der Waals surface area contributed by atoms with E-state index in [4.69, 9.17) is 20.7 Å². The van der Waals surface area contributed by atoms with Gasteiger partial charge in [0.15, 0.2) is 0 Å². The lowest BCUT2D eigenvalue weighted by atomic mass is 10.3. The molecule has 0 aliphatic heterocycles. The predicted octanol–water partition coefficient (Wildman–Crippen LogP) is -0.677. The van der Waals surface area contributed by atoms with Crippen LogP contribution in [0.1, 0.15) is 0 Å². The van der Waals surface area contributed by atoms with Crippen LogP contribution in [-0.4, -0.2) is 49.1 Å². The Hall–Kier alpha value is -2.17. The molecule has 0 saturated heterocycles. The quantitative estimate of drug-likeness (QED) is 0.663. The molecule has 1 atom stereocenters. The number of nitrogens with two attached hydrogens (primary N) is 1. The van der Waals surface area contributed by atoms with E-state index in [-0.39, 0.29) is 6.54 Å². The lowest BCUT2D eigenvalue weighted by Gasteiger charge is -2.04. The van der Waals surface area contributed by atoms with Crippen LogP contribution in [0.25, 0.3) is 0 Å². The molecule has 0 spiro atoms. The van der Waals surface area contributed by atoms with Gasteiger partial charge in [0.25, 0.3) is 0 Å². The lowest BCUT2D eigenvalue weighted by molar-refractivity contribution is -0.192. The first kappa shape index (κ1) is 15.8. The minimum Gasteiger partial charge on any atom is -0.480 e. The molecule has 0 aromatic carbocycles. The molecule has 1 unspecified atom stereocenters. The number of aromatic nitrogens is 3. The highest BCUT2D eigenvalue weighted by molar-refractivity contribution is 5.73. The van der Waals surface area contributed by atoms with E-state index in [0.29, 0.717) is 0 Å². The summed E-state index contributed by atoms with van der Waals surface area (Å²) in [7, 11) is 0. The molecule has 0 amide bonds. The maximum Gasteiger partial charge on any atom is 0.490 e. The van der Waals surface area contributed by atoms with Gasteiger partial charge in [-0.05, 0) is 0 Å². The van der Waals surface area contributed by atoms with Crippen molar-refractivity contribution < 1.29 is 33.0 Å². The number of carboxylic acid groups (broad SMARTS) is 2. The van der Waals surface area contributed by atoms with E-state index in [9.17, 15) is 18.0 Å². The zero-order valence-corrected chi connectivity index (χ0v) is 8.70. The maximum absolute atomic E-state index is 10.6. The molecule has 0 saturated carbocycles. The second-order valence-corrected chi connectivity index (χ2v) is 2.87. The van der Waals surface area contributed by atoms with Crippen molar-refractivity contribution in [2.24, 2.45) is 5.73 Å². The van der Waals surface area contributed by atoms with Crippen molar-refractivity contribution in [3.05, 3.63) is 12.7 Å². The summed E-state index contributed by atoms with van der Waals surface area (Å²) in [6, 6.07) is -0.920. The van der Waals surface area contributed by atoms with E-state index in [2.05, 4.69) is 10.1 Å². The number of carbonyl (C=O) groups is 2. The highest BCUT2D eigenvalue weighted by Crippen LogP contribution is 2.13. The Labute approximate surface area is 97.8 Å². The summed E-state index contributed by atoms with van der Waals surface area (Å²) >= 11 is 0. The van der Waals surface area contributed by atoms with Gasteiger partial charge in [-0.25, -0.2) is 9.78 Å². The second-order valence-electron chi connectivity index (χ2n) is 2.87. The van der Waals surface area contributed by atoms with Gasteiger partial charge in [0.1, 0.15) is 18.7 Å². The molecule has 0 aliphatic carbocycles. The van der Waals surface area contributed by atoms with E-state index in [1.54, 1.807) is 0 Å². The summed E-state index contributed by atoms with van der Waals surface area (Å²) in [6.45, 7) is 0.148. The van der Waals surface area contributed by atoms with E-state index >= 15 is 0 Å². The molecular weight excluding hydrogens is 261 g/mol. The minimum atomic E-state index is -5.08. The first-order valence-corrected chi connectivity index (χ1v) is 4.25. The molecule has 0 bridgehead atoms. The first-order valence-electron chi connectivity index (χ1n) is 4.25. The van der Waals surface area contributed by atoms with Gasteiger partial charge in [-0.1, -0.05) is 0 Å². The molecule has 11 heteroatoms. The van der Waals surface area contributed by atoms with Crippen molar-refractivity contribution in [1.82, 2.24) is 14.8 Å². The fraction of sp³-hybridized carbons (Fsp3) is 0.429. The zero-order valence-electron chi connectivity index (χ0n) is 8.70. The van der Waals surface area contributed by atoms with Crippen LogP contribution in [0.2, 0.25) is 0 Å². The highest BCUT2D eigenvalue weighted by Gasteiger charge is 2.38. The van der Waals surface area contributed by atoms with Crippen molar-refractivity contribution in [2.45, 2.75) is 18.8 Å². The van der Waals surface area contributed by atoms with Crippen LogP contribution >= 0.6 is 0 Å². The topological polar surface area (TPSA) is 131 Å². The predicted molar refractivity (Wildman–Crippen MR) is 49.3 cm³/mol. The fourth-order valence-electron chi connectivity index (χ4n) is 0.607. The number of alkyl halides is 3. The Balaban J connectivity index is 0.000000360. The average molecular weight is 270 g/mol. The normalized spacial score (nSPS) is 12.2. The van der Waals surface area contributed by atoms with E-state index in [0.717, 1.165) is 0 Å². The Morgan fingerprint density at radius 2 is 1.89 bits per heavy atom. The standard InChI is InChI=1S/C5H8N4O2.C2HF3O2/c6-4(5(10)11)1-9-3-7-2-8-9;3-2(4,5)1(6)7/h2-4H,1,6H2,(H,10,11);(H,6,7). The number of carboxylic acids is 2. The maximum atomic E-state index is 10.6. The second kappa shape index (κ2) is 6.54. The Morgan fingerprint density at radius 1 is 1.39 bits per heavy atom. The molecular formula is C7H9F3N4O4. The fourth-order valence-corrected chi connectivity index (χ4v) is 0.607. The van der Waals surface area contributed by atoms with Gasteiger partial charge in [-0.15, -0.1) is 0 Å². The monoisotopic (exact) mass is 270 g/mol. The molecule has 1 aromatic heterocycles. The SMILES string of the molecule is NC(Cn1cncn1)C(=O)O.O=C(O)C(F)(F)F. The third kappa shape index (κ3) is 6.42. The summed E-state index contributed by atoms with van der Waals surface area (Å²) in [5.41, 5.74) is 5.22. The number of rotatable bonds is 3. The van der Waals surface area contributed by atoms with Crippen molar-refractivity contribution >= 4 is 11.9 Å². The zero-order chi connectivity index (χ0) is 14.3. The molecule has 8 nitrogen and oxygen atoms in total. The van der Waals surface area contributed by atoms with Crippen LogP contribution in [0.5, 0.6) is 0 Å². The van der Waals surface area contributed by atoms with E-state index in [1.165, 1.54) is 17.3 Å². The van der Waals surface area contributed by atoms with Crippen LogP contribution in [0.3, 0.4) is 0 Å². The summed E-state index contributed by atoms with van der Waals surface area (Å²) < 4.78 is 33.1. The molecule has 1 heterocycles. The van der Waals surface area contributed by atoms with Crippen LogP contribution in [0, 0.1) is 0 Å². The molecule has 1 aromatic rings. The highest BCUT2D eigenvalue weighted by atomic mass is 19.4. The molecule has 18 heavy (non-hydrogen) atoms. The van der Waals surface area contributed by atoms with Gasteiger partial charge in [-0.2, -0.15) is 18.3 Å². The van der Waals surface area contributed by atoms with Crippen molar-refractivity contribution in [2.75, 3.05) is 0 Å². The van der Waals surface area contributed by atoms with Gasteiger partial charge in [0, 0.05) is 0 Å². The van der Waals surface area contributed by atoms with Gasteiger partial charge in [0.05, 0.1) is 6.54 Å². The minimum absolute atomic E-state index is 0.148. The largest absolute Gasteiger partial charge is 0.490 e. The van der Waals surface area contributed by atoms with E-state index < -0.39 is 24.2 Å². The average Bonchev–Trinajstić information content (AvgIpc) is 2.69. The molecule has 102 valence electrons. The van der Waals surface area contributed by atoms with Crippen LogP contribution in [0.4, 0.5) is 13.2 Å². The first-order chi connectivity index (χ1) is 8.14. The van der Waals surface area contributed by atoms with E-state index in [1.807, 2.05) is 0 Å². The Kier molecular flexibility index (Phi) is 5.75. The summed E-state index contributed by atoms with van der Waals surface area (Å²) in [4.78, 5) is 22.8. The van der Waals surface area contributed by atoms with Crippen LogP contribution in [0.15, 0.2) is 12.7 Å². The van der Waals surface area contributed by atoms with Gasteiger partial charge < -0.3 is 15.9 Å². The Morgan fingerprint density at radius 3 is 2.17 bits per heavy atom. The number of hydrogen-bond donors (Lipinski definition) is 3. The number of nitrogens with zero attached hydrogens (tertiary/aromatic N) is 3. The smallest absolute Gasteiger partial charge is 0.480 e. The molecule has 0 fully saturated rings. The molecule has 0 radical (unpaired) electrons. The third-order valence-corrected chi connectivity index (χ3v) is 1.41. The number of halogens is 3. The summed E-state index contributed by atoms with van der Waals surface area (Å²) in [6.07, 6.45) is -2.34. The lowest BCUT2D eigenvalue weighted by Crippen LogP contribution is -2.34. The van der Waals surface area contributed by atoms with Crippen molar-refractivity contribution in [3.8, 4) is 0 Å². The van der Waals surface area contributed by atoms with Gasteiger partial charge >= 0.3 is 18.1 Å². The van der Waals surface area contributed by atoms with Crippen molar-refractivity contribution in [1.29, 1.82) is 0 Å².